The van der Waals surface area contributed by atoms with E-state index in [9.17, 15) is 9.59 Å². The average molecular weight is 287 g/mol. The molecule has 1 saturated heterocycles. The number of carbonyl (C=O) groups is 2. The monoisotopic (exact) mass is 286 g/mol. The highest BCUT2D eigenvalue weighted by atomic mass is 35.5. The number of hydrogen-bond donors (Lipinski definition) is 1. The normalized spacial score (nSPS) is 19.7. The lowest BCUT2D eigenvalue weighted by atomic mass is 10.2. The van der Waals surface area contributed by atoms with Crippen molar-refractivity contribution in [3.63, 3.8) is 0 Å². The molecule has 1 aromatic rings. The maximum Gasteiger partial charge on any atom is 0.246 e. The summed E-state index contributed by atoms with van der Waals surface area (Å²) < 4.78 is 0. The Morgan fingerprint density at radius 3 is 2.67 bits per heavy atom. The van der Waals surface area contributed by atoms with Gasteiger partial charge in [0.1, 0.15) is 0 Å². The third kappa shape index (κ3) is 2.66. The van der Waals surface area contributed by atoms with Crippen LogP contribution in [0.3, 0.4) is 0 Å². The molecule has 0 radical (unpaired) electrons. The van der Waals surface area contributed by atoms with Crippen LogP contribution in [0.15, 0.2) is 18.2 Å². The molecule has 96 valence electrons. The van der Waals surface area contributed by atoms with Gasteiger partial charge in [0, 0.05) is 23.6 Å². The Labute approximate surface area is 115 Å². The average Bonchev–Trinajstić information content (AvgIpc) is 2.56. The summed E-state index contributed by atoms with van der Waals surface area (Å²) in [7, 11) is 1.49. The van der Waals surface area contributed by atoms with Crippen molar-refractivity contribution < 1.29 is 9.59 Å². The van der Waals surface area contributed by atoms with Crippen molar-refractivity contribution in [1.29, 1.82) is 0 Å². The van der Waals surface area contributed by atoms with E-state index in [1.165, 1.54) is 7.05 Å². The molecule has 1 heterocycles. The summed E-state index contributed by atoms with van der Waals surface area (Å²) in [5.74, 6) is -0.371. The highest BCUT2D eigenvalue weighted by Crippen LogP contribution is 2.21. The Balaban J connectivity index is 2.00. The van der Waals surface area contributed by atoms with Gasteiger partial charge in [0.15, 0.2) is 0 Å². The van der Waals surface area contributed by atoms with Crippen molar-refractivity contribution in [2.24, 2.45) is 0 Å². The molecule has 0 saturated carbocycles. The molecule has 0 bridgehead atoms. The number of likely N-dealkylation sites (tertiary alicyclic amines) is 1. The lowest BCUT2D eigenvalue weighted by Crippen LogP contribution is -2.36. The largest absolute Gasteiger partial charge is 0.301 e. The van der Waals surface area contributed by atoms with Gasteiger partial charge in [0.05, 0.1) is 12.5 Å². The minimum absolute atomic E-state index is 0.167. The third-order valence-corrected chi connectivity index (χ3v) is 3.52. The van der Waals surface area contributed by atoms with Crippen molar-refractivity contribution in [2.45, 2.75) is 19.0 Å². The van der Waals surface area contributed by atoms with Crippen LogP contribution in [0.25, 0.3) is 0 Å². The van der Waals surface area contributed by atoms with Crippen LogP contribution in [0.5, 0.6) is 0 Å². The van der Waals surface area contributed by atoms with Crippen LogP contribution < -0.4 is 5.32 Å². The molecule has 1 aromatic carbocycles. The molecule has 1 unspecified atom stereocenters. The molecular formula is C12H12Cl2N2O2. The van der Waals surface area contributed by atoms with Crippen molar-refractivity contribution in [3.05, 3.63) is 33.8 Å². The highest BCUT2D eigenvalue weighted by molar-refractivity contribution is 6.35. The summed E-state index contributed by atoms with van der Waals surface area (Å²) in [5.41, 5.74) is 0.843. The van der Waals surface area contributed by atoms with Gasteiger partial charge in [0.25, 0.3) is 0 Å². The van der Waals surface area contributed by atoms with Crippen molar-refractivity contribution in [1.82, 2.24) is 10.2 Å². The Bertz CT molecular complexity index is 505. The lowest BCUT2D eigenvalue weighted by molar-refractivity contribution is -0.137. The predicted octanol–water partition coefficient (Wildman–Crippen LogP) is 1.84. The number of benzene rings is 1. The summed E-state index contributed by atoms with van der Waals surface area (Å²) in [5, 5.41) is 4.14. The van der Waals surface area contributed by atoms with Gasteiger partial charge in [-0.3, -0.25) is 14.5 Å². The SMILES string of the molecule is CN1C(=O)CC(NCc2ccc(Cl)cc2Cl)C1=O. The standard InChI is InChI=1S/C12H12Cl2N2O2/c1-16-11(17)5-10(12(16)18)15-6-7-2-3-8(13)4-9(7)14/h2-4,10,15H,5-6H2,1H3. The van der Waals surface area contributed by atoms with Gasteiger partial charge < -0.3 is 5.32 Å². The van der Waals surface area contributed by atoms with Gasteiger partial charge in [-0.05, 0) is 17.7 Å². The zero-order valence-corrected chi connectivity index (χ0v) is 11.3. The number of imide groups is 1. The molecule has 0 aliphatic carbocycles. The molecular weight excluding hydrogens is 275 g/mol. The quantitative estimate of drug-likeness (QED) is 0.863. The van der Waals surface area contributed by atoms with E-state index in [1.807, 2.05) is 0 Å². The molecule has 0 spiro atoms. The molecule has 1 atom stereocenters. The molecule has 1 aliphatic rings. The van der Waals surface area contributed by atoms with E-state index in [0.717, 1.165) is 10.5 Å². The van der Waals surface area contributed by atoms with Gasteiger partial charge >= 0.3 is 0 Å². The molecule has 6 heteroatoms. The number of amides is 2. The fourth-order valence-electron chi connectivity index (χ4n) is 1.81. The van der Waals surface area contributed by atoms with Crippen LogP contribution in [0.4, 0.5) is 0 Å². The molecule has 1 fully saturated rings. The Kier molecular flexibility index (Phi) is 3.90. The second-order valence-corrected chi connectivity index (χ2v) is 5.01. The first-order chi connectivity index (χ1) is 8.49. The van der Waals surface area contributed by atoms with Crippen molar-refractivity contribution >= 4 is 35.0 Å². The number of carbonyl (C=O) groups excluding carboxylic acids is 2. The molecule has 2 rings (SSSR count). The van der Waals surface area contributed by atoms with Crippen LogP contribution in [0.2, 0.25) is 10.0 Å². The fourth-order valence-corrected chi connectivity index (χ4v) is 2.29. The molecule has 1 N–H and O–H groups in total. The second-order valence-electron chi connectivity index (χ2n) is 4.16. The van der Waals surface area contributed by atoms with Crippen LogP contribution in [0, 0.1) is 0 Å². The van der Waals surface area contributed by atoms with Crippen molar-refractivity contribution in [2.75, 3.05) is 7.05 Å². The predicted molar refractivity (Wildman–Crippen MR) is 69.5 cm³/mol. The Morgan fingerprint density at radius 1 is 1.39 bits per heavy atom. The van der Waals surface area contributed by atoms with E-state index in [4.69, 9.17) is 23.2 Å². The summed E-state index contributed by atoms with van der Waals surface area (Å²) in [6.07, 6.45) is 0.195. The van der Waals surface area contributed by atoms with E-state index < -0.39 is 6.04 Å². The molecule has 4 nitrogen and oxygen atoms in total. The maximum atomic E-state index is 11.7. The number of rotatable bonds is 3. The Hall–Kier alpha value is -1.10. The van der Waals surface area contributed by atoms with E-state index in [2.05, 4.69) is 5.32 Å². The highest BCUT2D eigenvalue weighted by Gasteiger charge is 2.35. The minimum atomic E-state index is -0.464. The third-order valence-electron chi connectivity index (χ3n) is 2.94. The number of hydrogen-bond acceptors (Lipinski definition) is 3. The van der Waals surface area contributed by atoms with Gasteiger partial charge in [-0.1, -0.05) is 29.3 Å². The summed E-state index contributed by atoms with van der Waals surface area (Å²) in [6, 6.07) is 4.71. The van der Waals surface area contributed by atoms with E-state index in [1.54, 1.807) is 18.2 Å². The van der Waals surface area contributed by atoms with Crippen LogP contribution in [0.1, 0.15) is 12.0 Å². The second kappa shape index (κ2) is 5.26. The Morgan fingerprint density at radius 2 is 2.11 bits per heavy atom. The van der Waals surface area contributed by atoms with Gasteiger partial charge in [0.2, 0.25) is 11.8 Å². The first kappa shape index (κ1) is 13.3. The van der Waals surface area contributed by atoms with Gasteiger partial charge in [-0.25, -0.2) is 0 Å². The molecule has 0 aromatic heterocycles. The van der Waals surface area contributed by atoms with Crippen LogP contribution in [-0.2, 0) is 16.1 Å². The number of likely N-dealkylation sites (N-methyl/N-ethyl adjacent to an activating group) is 1. The molecule has 18 heavy (non-hydrogen) atoms. The van der Waals surface area contributed by atoms with E-state index in [0.29, 0.717) is 16.6 Å². The smallest absolute Gasteiger partial charge is 0.246 e. The minimum Gasteiger partial charge on any atom is -0.301 e. The number of nitrogens with zero attached hydrogens (tertiary/aromatic N) is 1. The molecule has 1 aliphatic heterocycles. The number of halogens is 2. The van der Waals surface area contributed by atoms with Crippen molar-refractivity contribution in [3.8, 4) is 0 Å². The van der Waals surface area contributed by atoms with E-state index in [-0.39, 0.29) is 18.2 Å². The zero-order chi connectivity index (χ0) is 13.3. The topological polar surface area (TPSA) is 49.4 Å². The van der Waals surface area contributed by atoms with Crippen LogP contribution in [-0.4, -0.2) is 29.8 Å². The lowest BCUT2D eigenvalue weighted by Gasteiger charge is -2.12. The zero-order valence-electron chi connectivity index (χ0n) is 9.74. The van der Waals surface area contributed by atoms with Gasteiger partial charge in [-0.15, -0.1) is 0 Å². The summed E-state index contributed by atoms with van der Waals surface area (Å²) in [6.45, 7) is 0.424. The summed E-state index contributed by atoms with van der Waals surface area (Å²) in [4.78, 5) is 24.1. The first-order valence-electron chi connectivity index (χ1n) is 5.46. The first-order valence-corrected chi connectivity index (χ1v) is 6.22. The van der Waals surface area contributed by atoms with Crippen LogP contribution >= 0.6 is 23.2 Å². The fraction of sp³-hybridized carbons (Fsp3) is 0.333. The maximum absolute atomic E-state index is 11.7. The van der Waals surface area contributed by atoms with E-state index >= 15 is 0 Å². The molecule has 2 amide bonds. The van der Waals surface area contributed by atoms with Gasteiger partial charge in [-0.2, -0.15) is 0 Å². The summed E-state index contributed by atoms with van der Waals surface area (Å²) >= 11 is 11.8. The number of nitrogens with one attached hydrogen (secondary N) is 1.